The van der Waals surface area contributed by atoms with Gasteiger partial charge in [-0.05, 0) is 17.7 Å². The standard InChI is InChI=1S/C19H19N7O3/c1-24-6-12-8-25(9-13(12)7-24)19-22-16(17-18(23-19)21-10-20-17)11-3-4-15(29-2)14(5-11)26(27)28/h3-6,10,13H,7-9H2,1-2H3,(H,20,21,22,23). The fraction of sp³-hybridized carbons (Fsp3) is 0.316. The van der Waals surface area contributed by atoms with E-state index in [1.165, 1.54) is 18.7 Å². The lowest BCUT2D eigenvalue weighted by atomic mass is 10.1. The van der Waals surface area contributed by atoms with Crippen LogP contribution in [0.2, 0.25) is 0 Å². The van der Waals surface area contributed by atoms with Crippen LogP contribution in [-0.2, 0) is 0 Å². The van der Waals surface area contributed by atoms with E-state index >= 15 is 0 Å². The highest BCUT2D eigenvalue weighted by atomic mass is 16.6. The topological polar surface area (TPSA) is 113 Å². The molecule has 29 heavy (non-hydrogen) atoms. The van der Waals surface area contributed by atoms with E-state index in [0.29, 0.717) is 34.3 Å². The Balaban J connectivity index is 1.60. The monoisotopic (exact) mass is 393 g/mol. The molecule has 10 nitrogen and oxygen atoms in total. The van der Waals surface area contributed by atoms with Gasteiger partial charge in [-0.15, -0.1) is 0 Å². The summed E-state index contributed by atoms with van der Waals surface area (Å²) in [4.78, 5) is 32.1. The molecular weight excluding hydrogens is 374 g/mol. The number of rotatable bonds is 4. The van der Waals surface area contributed by atoms with Gasteiger partial charge in [0.15, 0.2) is 11.4 Å². The first kappa shape index (κ1) is 17.4. The summed E-state index contributed by atoms with van der Waals surface area (Å²) in [5, 5.41) is 11.4. The Morgan fingerprint density at radius 1 is 1.31 bits per heavy atom. The second-order valence-corrected chi connectivity index (χ2v) is 7.34. The Morgan fingerprint density at radius 2 is 2.17 bits per heavy atom. The maximum absolute atomic E-state index is 11.4. The van der Waals surface area contributed by atoms with Crippen molar-refractivity contribution in [3.63, 3.8) is 0 Å². The Labute approximate surface area is 166 Å². The molecule has 0 bridgehead atoms. The number of benzene rings is 1. The molecule has 5 rings (SSSR count). The zero-order chi connectivity index (χ0) is 20.1. The number of methoxy groups -OCH3 is 1. The second kappa shape index (κ2) is 6.43. The second-order valence-electron chi connectivity index (χ2n) is 7.34. The molecular formula is C19H19N7O3. The van der Waals surface area contributed by atoms with Crippen molar-refractivity contribution in [3.05, 3.63) is 46.4 Å². The third-order valence-electron chi connectivity index (χ3n) is 5.44. The van der Waals surface area contributed by atoms with E-state index in [-0.39, 0.29) is 11.4 Å². The first-order valence-corrected chi connectivity index (χ1v) is 9.23. The highest BCUT2D eigenvalue weighted by molar-refractivity contribution is 5.89. The summed E-state index contributed by atoms with van der Waals surface area (Å²) in [5.41, 5.74) is 3.63. The van der Waals surface area contributed by atoms with E-state index in [4.69, 9.17) is 9.72 Å². The molecule has 1 N–H and O–H groups in total. The quantitative estimate of drug-likeness (QED) is 0.530. The van der Waals surface area contributed by atoms with Crippen molar-refractivity contribution < 1.29 is 9.66 Å². The SMILES string of the molecule is COc1ccc(-c2nc(N3CC4=CN(C)CC4C3)nc3nc[nH]c23)cc1[N+](=O)[O-]. The summed E-state index contributed by atoms with van der Waals surface area (Å²) in [6.07, 6.45) is 3.74. The van der Waals surface area contributed by atoms with E-state index in [9.17, 15) is 10.1 Å². The van der Waals surface area contributed by atoms with Crippen LogP contribution in [0.4, 0.5) is 11.6 Å². The van der Waals surface area contributed by atoms with Crippen molar-refractivity contribution in [3.8, 4) is 17.0 Å². The first-order chi connectivity index (χ1) is 14.0. The summed E-state index contributed by atoms with van der Waals surface area (Å²) in [6.45, 7) is 2.61. The van der Waals surface area contributed by atoms with Crippen LogP contribution in [0.3, 0.4) is 0 Å². The minimum Gasteiger partial charge on any atom is -0.490 e. The predicted octanol–water partition coefficient (Wildman–Crippen LogP) is 2.20. The third-order valence-corrected chi connectivity index (χ3v) is 5.44. The van der Waals surface area contributed by atoms with E-state index in [1.54, 1.807) is 18.5 Å². The van der Waals surface area contributed by atoms with Crippen LogP contribution in [0.5, 0.6) is 5.75 Å². The number of anilines is 1. The van der Waals surface area contributed by atoms with Gasteiger partial charge in [-0.2, -0.15) is 4.98 Å². The van der Waals surface area contributed by atoms with Crippen LogP contribution in [0.25, 0.3) is 22.4 Å². The van der Waals surface area contributed by atoms with Gasteiger partial charge in [0.25, 0.3) is 0 Å². The molecule has 0 radical (unpaired) electrons. The molecule has 4 heterocycles. The normalized spacial score (nSPS) is 18.3. The van der Waals surface area contributed by atoms with Crippen LogP contribution in [-0.4, -0.2) is 63.6 Å². The van der Waals surface area contributed by atoms with Crippen molar-refractivity contribution in [1.82, 2.24) is 24.8 Å². The molecule has 10 heteroatoms. The summed E-state index contributed by atoms with van der Waals surface area (Å²) in [6, 6.07) is 4.81. The van der Waals surface area contributed by atoms with Gasteiger partial charge in [0.2, 0.25) is 5.95 Å². The lowest BCUT2D eigenvalue weighted by molar-refractivity contribution is -0.385. The van der Waals surface area contributed by atoms with Crippen molar-refractivity contribution in [2.45, 2.75) is 0 Å². The van der Waals surface area contributed by atoms with Crippen molar-refractivity contribution in [1.29, 1.82) is 0 Å². The van der Waals surface area contributed by atoms with E-state index in [0.717, 1.165) is 19.6 Å². The third kappa shape index (κ3) is 2.84. The molecule has 1 saturated heterocycles. The van der Waals surface area contributed by atoms with Gasteiger partial charge in [0.05, 0.1) is 18.4 Å². The van der Waals surface area contributed by atoms with Gasteiger partial charge >= 0.3 is 5.69 Å². The molecule has 1 atom stereocenters. The van der Waals surface area contributed by atoms with Crippen LogP contribution in [0, 0.1) is 16.0 Å². The zero-order valence-electron chi connectivity index (χ0n) is 16.0. The lowest BCUT2D eigenvalue weighted by Gasteiger charge is -2.19. The van der Waals surface area contributed by atoms with E-state index < -0.39 is 4.92 Å². The molecule has 1 aromatic carbocycles. The molecule has 148 valence electrons. The van der Waals surface area contributed by atoms with Gasteiger partial charge in [-0.25, -0.2) is 9.97 Å². The molecule has 2 aliphatic rings. The number of fused-ring (bicyclic) bond motifs is 2. The molecule has 3 aromatic rings. The van der Waals surface area contributed by atoms with Crippen LogP contribution < -0.4 is 9.64 Å². The van der Waals surface area contributed by atoms with Gasteiger partial charge < -0.3 is 19.5 Å². The Bertz CT molecular complexity index is 1160. The number of hydrogen-bond donors (Lipinski definition) is 1. The summed E-state index contributed by atoms with van der Waals surface area (Å²) in [5.74, 6) is 1.26. The average Bonchev–Trinajstić information content (AvgIpc) is 3.40. The largest absolute Gasteiger partial charge is 0.490 e. The molecule has 2 aliphatic heterocycles. The summed E-state index contributed by atoms with van der Waals surface area (Å²) >= 11 is 0. The molecule has 1 unspecified atom stereocenters. The first-order valence-electron chi connectivity index (χ1n) is 9.23. The summed E-state index contributed by atoms with van der Waals surface area (Å²) in [7, 11) is 3.49. The fourth-order valence-electron chi connectivity index (χ4n) is 4.11. The molecule has 0 amide bonds. The number of aromatic amines is 1. The van der Waals surface area contributed by atoms with Crippen molar-refractivity contribution in [2.75, 3.05) is 38.7 Å². The minimum atomic E-state index is -0.459. The zero-order valence-corrected chi connectivity index (χ0v) is 16.0. The van der Waals surface area contributed by atoms with Gasteiger partial charge in [0, 0.05) is 50.4 Å². The number of aromatic nitrogens is 4. The molecule has 0 saturated carbocycles. The maximum Gasteiger partial charge on any atom is 0.311 e. The van der Waals surface area contributed by atoms with Gasteiger partial charge in [-0.3, -0.25) is 10.1 Å². The highest BCUT2D eigenvalue weighted by Gasteiger charge is 2.34. The van der Waals surface area contributed by atoms with E-state index in [1.807, 2.05) is 0 Å². The minimum absolute atomic E-state index is 0.110. The van der Waals surface area contributed by atoms with Crippen molar-refractivity contribution in [2.24, 2.45) is 5.92 Å². The number of nitro benzene ring substituents is 1. The molecule has 2 aromatic heterocycles. The molecule has 0 spiro atoms. The van der Waals surface area contributed by atoms with Gasteiger partial charge in [0.1, 0.15) is 11.2 Å². The Kier molecular flexibility index (Phi) is 3.86. The number of nitrogens with one attached hydrogen (secondary N) is 1. The molecule has 1 fully saturated rings. The highest BCUT2D eigenvalue weighted by Crippen LogP contribution is 2.36. The van der Waals surface area contributed by atoms with Gasteiger partial charge in [-0.1, -0.05) is 0 Å². The molecule has 0 aliphatic carbocycles. The summed E-state index contributed by atoms with van der Waals surface area (Å²) < 4.78 is 5.11. The predicted molar refractivity (Wildman–Crippen MR) is 107 cm³/mol. The number of nitrogens with zero attached hydrogens (tertiary/aromatic N) is 6. The van der Waals surface area contributed by atoms with Crippen LogP contribution >= 0.6 is 0 Å². The number of H-pyrrole nitrogens is 1. The number of ether oxygens (including phenoxy) is 1. The number of hydrogen-bond acceptors (Lipinski definition) is 8. The number of imidazole rings is 1. The van der Waals surface area contributed by atoms with E-state index in [2.05, 4.69) is 38.0 Å². The van der Waals surface area contributed by atoms with Crippen LogP contribution in [0.15, 0.2) is 36.3 Å². The Morgan fingerprint density at radius 3 is 2.93 bits per heavy atom. The smallest absolute Gasteiger partial charge is 0.311 e. The number of nitro groups is 1. The van der Waals surface area contributed by atoms with Crippen molar-refractivity contribution >= 4 is 22.8 Å². The van der Waals surface area contributed by atoms with Crippen LogP contribution in [0.1, 0.15) is 0 Å². The maximum atomic E-state index is 11.4. The average molecular weight is 393 g/mol. The lowest BCUT2D eigenvalue weighted by Crippen LogP contribution is -2.25. The fourth-order valence-corrected chi connectivity index (χ4v) is 4.11. The Hall–Kier alpha value is -3.69.